The highest BCUT2D eigenvalue weighted by atomic mass is 16.5. The van der Waals surface area contributed by atoms with Crippen molar-refractivity contribution in [3.8, 4) is 0 Å². The molecule has 0 aliphatic heterocycles. The quantitative estimate of drug-likeness (QED) is 0.0560. The third-order valence-electron chi connectivity index (χ3n) is 9.33. The topological polar surface area (TPSA) is 26.3 Å². The number of unbranched alkanes of at least 4 members (excludes halogenated alkanes) is 26. The van der Waals surface area contributed by atoms with Crippen molar-refractivity contribution in [1.82, 2.24) is 0 Å². The van der Waals surface area contributed by atoms with Crippen molar-refractivity contribution in [3.05, 3.63) is 0 Å². The van der Waals surface area contributed by atoms with Gasteiger partial charge in [0.15, 0.2) is 0 Å². The molecule has 0 saturated carbocycles. The lowest BCUT2D eigenvalue weighted by atomic mass is 9.80. The van der Waals surface area contributed by atoms with Crippen LogP contribution in [0, 0.1) is 5.41 Å². The maximum absolute atomic E-state index is 12.6. The van der Waals surface area contributed by atoms with Gasteiger partial charge in [-0.1, -0.05) is 207 Å². The maximum atomic E-state index is 12.6. The average molecular weight is 579 g/mol. The Kier molecular flexibility index (Phi) is 32.0. The molecule has 0 bridgehead atoms. The maximum Gasteiger partial charge on any atom is 0.305 e. The van der Waals surface area contributed by atoms with Gasteiger partial charge in [0.2, 0.25) is 0 Å². The third kappa shape index (κ3) is 30.7. The summed E-state index contributed by atoms with van der Waals surface area (Å²) in [4.78, 5) is 12.6. The van der Waals surface area contributed by atoms with Gasteiger partial charge in [0, 0.05) is 11.8 Å². The van der Waals surface area contributed by atoms with Crippen molar-refractivity contribution in [2.75, 3.05) is 6.61 Å². The van der Waals surface area contributed by atoms with E-state index in [0.717, 1.165) is 6.42 Å². The highest BCUT2D eigenvalue weighted by Gasteiger charge is 2.25. The summed E-state index contributed by atoms with van der Waals surface area (Å²) in [5.41, 5.74) is 0.164. The van der Waals surface area contributed by atoms with Crippen LogP contribution in [-0.4, -0.2) is 12.6 Å². The van der Waals surface area contributed by atoms with E-state index < -0.39 is 0 Å². The van der Waals surface area contributed by atoms with Crippen LogP contribution in [0.2, 0.25) is 0 Å². The predicted octanol–water partition coefficient (Wildman–Crippen LogP) is 14.1. The van der Waals surface area contributed by atoms with E-state index in [4.69, 9.17) is 4.74 Å². The van der Waals surface area contributed by atoms with Gasteiger partial charge >= 0.3 is 5.97 Å². The number of esters is 1. The molecule has 0 heterocycles. The SMILES string of the molecule is CCCCCCCCCCCCCCCCCC(=O)OCC(C)(CCCCCCCC)CCCCCCCCCC. The summed E-state index contributed by atoms with van der Waals surface area (Å²) in [5, 5.41) is 0. The highest BCUT2D eigenvalue weighted by molar-refractivity contribution is 5.69. The Morgan fingerprint density at radius 2 is 0.683 bits per heavy atom. The zero-order chi connectivity index (χ0) is 30.1. The van der Waals surface area contributed by atoms with Crippen LogP contribution < -0.4 is 0 Å². The molecule has 0 aliphatic carbocycles. The van der Waals surface area contributed by atoms with Gasteiger partial charge in [-0.25, -0.2) is 0 Å². The minimum Gasteiger partial charge on any atom is -0.465 e. The summed E-state index contributed by atoms with van der Waals surface area (Å²) in [6.07, 6.45) is 42.4. The molecule has 0 saturated heterocycles. The summed E-state index contributed by atoms with van der Waals surface area (Å²) < 4.78 is 5.91. The summed E-state index contributed by atoms with van der Waals surface area (Å²) in [6.45, 7) is 9.89. The van der Waals surface area contributed by atoms with Crippen molar-refractivity contribution in [3.63, 3.8) is 0 Å². The molecular weight excluding hydrogens is 500 g/mol. The first-order valence-electron chi connectivity index (χ1n) is 19.2. The van der Waals surface area contributed by atoms with Crippen LogP contribution in [0.3, 0.4) is 0 Å². The third-order valence-corrected chi connectivity index (χ3v) is 9.33. The minimum absolute atomic E-state index is 0.0461. The van der Waals surface area contributed by atoms with E-state index in [1.54, 1.807) is 0 Å². The van der Waals surface area contributed by atoms with Crippen molar-refractivity contribution in [2.45, 2.75) is 233 Å². The fraction of sp³-hybridized carbons (Fsp3) is 0.974. The van der Waals surface area contributed by atoms with E-state index in [1.807, 2.05) is 0 Å². The normalized spacial score (nSPS) is 13.0. The Labute approximate surface area is 260 Å². The van der Waals surface area contributed by atoms with Gasteiger partial charge in [-0.3, -0.25) is 4.79 Å². The molecule has 0 aromatic carbocycles. The Balaban J connectivity index is 3.95. The Bertz CT molecular complexity index is 516. The van der Waals surface area contributed by atoms with Crippen LogP contribution in [0.15, 0.2) is 0 Å². The number of hydrogen-bond donors (Lipinski definition) is 0. The molecular formula is C39H78O2. The number of hydrogen-bond acceptors (Lipinski definition) is 2. The second-order valence-corrected chi connectivity index (χ2v) is 13.9. The predicted molar refractivity (Wildman–Crippen MR) is 184 cm³/mol. The minimum atomic E-state index is 0.0461. The molecule has 0 rings (SSSR count). The van der Waals surface area contributed by atoms with Crippen LogP contribution >= 0.6 is 0 Å². The molecule has 0 aromatic rings. The van der Waals surface area contributed by atoms with Crippen LogP contribution in [0.4, 0.5) is 0 Å². The van der Waals surface area contributed by atoms with Crippen molar-refractivity contribution in [2.24, 2.45) is 5.41 Å². The molecule has 41 heavy (non-hydrogen) atoms. The van der Waals surface area contributed by atoms with Gasteiger partial charge in [0.25, 0.3) is 0 Å². The lowest BCUT2D eigenvalue weighted by Crippen LogP contribution is -2.25. The van der Waals surface area contributed by atoms with Gasteiger partial charge in [-0.2, -0.15) is 0 Å². The fourth-order valence-electron chi connectivity index (χ4n) is 6.25. The smallest absolute Gasteiger partial charge is 0.305 e. The van der Waals surface area contributed by atoms with Crippen molar-refractivity contribution < 1.29 is 9.53 Å². The average Bonchev–Trinajstić information content (AvgIpc) is 2.97. The Morgan fingerprint density at radius 3 is 1.00 bits per heavy atom. The lowest BCUT2D eigenvalue weighted by Gasteiger charge is -2.29. The van der Waals surface area contributed by atoms with Gasteiger partial charge in [0.05, 0.1) is 6.61 Å². The highest BCUT2D eigenvalue weighted by Crippen LogP contribution is 2.32. The molecule has 0 amide bonds. The van der Waals surface area contributed by atoms with E-state index in [2.05, 4.69) is 27.7 Å². The van der Waals surface area contributed by atoms with Gasteiger partial charge in [-0.15, -0.1) is 0 Å². The van der Waals surface area contributed by atoms with E-state index in [-0.39, 0.29) is 11.4 Å². The Hall–Kier alpha value is -0.530. The van der Waals surface area contributed by atoms with Gasteiger partial charge < -0.3 is 4.74 Å². The summed E-state index contributed by atoms with van der Waals surface area (Å²) in [5.74, 6) is 0.0461. The second-order valence-electron chi connectivity index (χ2n) is 13.9. The van der Waals surface area contributed by atoms with Gasteiger partial charge in [0.1, 0.15) is 0 Å². The van der Waals surface area contributed by atoms with E-state index >= 15 is 0 Å². The zero-order valence-corrected chi connectivity index (χ0v) is 29.2. The first-order valence-corrected chi connectivity index (χ1v) is 19.2. The zero-order valence-electron chi connectivity index (χ0n) is 29.2. The van der Waals surface area contributed by atoms with E-state index in [1.165, 1.54) is 193 Å². The molecule has 0 radical (unpaired) electrons. The van der Waals surface area contributed by atoms with Crippen molar-refractivity contribution >= 4 is 5.97 Å². The first-order chi connectivity index (χ1) is 20.1. The lowest BCUT2D eigenvalue weighted by molar-refractivity contribution is -0.147. The molecule has 0 spiro atoms. The molecule has 0 N–H and O–H groups in total. The monoisotopic (exact) mass is 579 g/mol. The summed E-state index contributed by atoms with van der Waals surface area (Å²) in [7, 11) is 0. The molecule has 1 unspecified atom stereocenters. The van der Waals surface area contributed by atoms with Crippen LogP contribution in [0.1, 0.15) is 233 Å². The molecule has 0 aromatic heterocycles. The van der Waals surface area contributed by atoms with Crippen LogP contribution in [0.25, 0.3) is 0 Å². The number of rotatable bonds is 34. The van der Waals surface area contributed by atoms with E-state index in [0.29, 0.717) is 13.0 Å². The fourth-order valence-corrected chi connectivity index (χ4v) is 6.25. The number of ether oxygens (including phenoxy) is 1. The standard InChI is InChI=1S/C39H78O2/c1-5-8-11-14-17-19-20-21-22-23-24-25-26-28-31-34-38(40)41-37-39(4,35-32-29-16-13-10-7-3)36-33-30-27-18-15-12-9-6-2/h5-37H2,1-4H3. The molecule has 246 valence electrons. The van der Waals surface area contributed by atoms with E-state index in [9.17, 15) is 4.79 Å². The number of carbonyl (C=O) groups excluding carboxylic acids is 1. The summed E-state index contributed by atoms with van der Waals surface area (Å²) in [6, 6.07) is 0. The largest absolute Gasteiger partial charge is 0.465 e. The second kappa shape index (κ2) is 32.4. The first kappa shape index (κ1) is 40.5. The summed E-state index contributed by atoms with van der Waals surface area (Å²) >= 11 is 0. The molecule has 0 aliphatic rings. The number of carbonyl (C=O) groups is 1. The van der Waals surface area contributed by atoms with Gasteiger partial charge in [-0.05, 0) is 19.3 Å². The molecule has 2 nitrogen and oxygen atoms in total. The van der Waals surface area contributed by atoms with Crippen LogP contribution in [0.5, 0.6) is 0 Å². The molecule has 2 heteroatoms. The molecule has 0 fully saturated rings. The van der Waals surface area contributed by atoms with Crippen molar-refractivity contribution in [1.29, 1.82) is 0 Å². The Morgan fingerprint density at radius 1 is 0.415 bits per heavy atom. The molecule has 1 atom stereocenters. The van der Waals surface area contributed by atoms with Crippen LogP contribution in [-0.2, 0) is 9.53 Å².